The van der Waals surface area contributed by atoms with Crippen molar-refractivity contribution < 1.29 is 9.90 Å². The van der Waals surface area contributed by atoms with Crippen LogP contribution >= 0.6 is 0 Å². The second kappa shape index (κ2) is 6.43. The molecule has 17 heavy (non-hydrogen) atoms. The Morgan fingerprint density at radius 1 is 1.29 bits per heavy atom. The average Bonchev–Trinajstić information content (AvgIpc) is 2.25. The summed E-state index contributed by atoms with van der Waals surface area (Å²) < 4.78 is 0. The Hall–Kier alpha value is -1.31. The van der Waals surface area contributed by atoms with E-state index in [0.29, 0.717) is 18.3 Å². The van der Waals surface area contributed by atoms with E-state index in [1.807, 2.05) is 0 Å². The summed E-state index contributed by atoms with van der Waals surface area (Å²) >= 11 is 0. The van der Waals surface area contributed by atoms with E-state index in [4.69, 9.17) is 5.11 Å². The van der Waals surface area contributed by atoms with Crippen LogP contribution < -0.4 is 0 Å². The van der Waals surface area contributed by atoms with Crippen molar-refractivity contribution >= 4 is 5.97 Å². The summed E-state index contributed by atoms with van der Waals surface area (Å²) in [6.45, 7) is 6.51. The molecule has 0 radical (unpaired) electrons. The molecule has 0 aromatic heterocycles. The summed E-state index contributed by atoms with van der Waals surface area (Å²) in [5.74, 6) is 0.257. The van der Waals surface area contributed by atoms with E-state index >= 15 is 0 Å². The molecule has 0 aliphatic heterocycles. The minimum Gasteiger partial charge on any atom is -0.481 e. The number of rotatable bonds is 6. The first-order chi connectivity index (χ1) is 7.99. The molecule has 1 unspecified atom stereocenters. The molecule has 0 aliphatic rings. The Morgan fingerprint density at radius 2 is 2.00 bits per heavy atom. The highest BCUT2D eigenvalue weighted by molar-refractivity contribution is 5.66. The number of carbonyl (C=O) groups is 1. The van der Waals surface area contributed by atoms with E-state index in [9.17, 15) is 4.79 Å². The Bertz CT molecular complexity index is 369. The molecule has 1 atom stereocenters. The van der Waals surface area contributed by atoms with Gasteiger partial charge >= 0.3 is 5.97 Å². The Morgan fingerprint density at radius 3 is 2.59 bits per heavy atom. The Balaban J connectivity index is 2.66. The molecule has 0 spiro atoms. The fraction of sp³-hybridized carbons (Fsp3) is 0.533. The predicted octanol–water partition coefficient (Wildman–Crippen LogP) is 3.85. The molecule has 0 fully saturated rings. The fourth-order valence-corrected chi connectivity index (χ4v) is 2.00. The van der Waals surface area contributed by atoms with E-state index < -0.39 is 5.97 Å². The van der Waals surface area contributed by atoms with Crippen molar-refractivity contribution in [1.82, 2.24) is 0 Å². The van der Waals surface area contributed by atoms with Crippen LogP contribution in [0.5, 0.6) is 0 Å². The Kier molecular flexibility index (Phi) is 5.20. The van der Waals surface area contributed by atoms with Crippen LogP contribution in [0.25, 0.3) is 0 Å². The van der Waals surface area contributed by atoms with Gasteiger partial charge in [0.25, 0.3) is 0 Å². The summed E-state index contributed by atoms with van der Waals surface area (Å²) in [6.07, 6.45) is 2.04. The van der Waals surface area contributed by atoms with E-state index in [2.05, 4.69) is 45.0 Å². The number of carboxylic acids is 1. The molecule has 1 aromatic rings. The second-order valence-electron chi connectivity index (χ2n) is 5.18. The van der Waals surface area contributed by atoms with Crippen molar-refractivity contribution in [3.8, 4) is 0 Å². The third kappa shape index (κ3) is 5.03. The first kappa shape index (κ1) is 13.8. The lowest BCUT2D eigenvalue weighted by atomic mass is 9.93. The number of carboxylic acid groups (broad SMARTS) is 1. The zero-order chi connectivity index (χ0) is 12.8. The van der Waals surface area contributed by atoms with Gasteiger partial charge in [-0.25, -0.2) is 0 Å². The standard InChI is InChI=1S/C15H22O2/c1-11(2)9-13-5-4-6-14(10-13)12(3)7-8-15(16)17/h4-6,10-12H,7-9H2,1-3H3,(H,16,17). The van der Waals surface area contributed by atoms with Crippen molar-refractivity contribution in [2.45, 2.75) is 46.0 Å². The summed E-state index contributed by atoms with van der Waals surface area (Å²) in [5.41, 5.74) is 2.60. The monoisotopic (exact) mass is 234 g/mol. The number of aliphatic carboxylic acids is 1. The largest absolute Gasteiger partial charge is 0.481 e. The van der Waals surface area contributed by atoms with Gasteiger partial charge in [0.15, 0.2) is 0 Å². The molecule has 2 heteroatoms. The molecule has 0 saturated carbocycles. The highest BCUT2D eigenvalue weighted by Gasteiger charge is 2.09. The second-order valence-corrected chi connectivity index (χ2v) is 5.18. The van der Waals surface area contributed by atoms with Crippen molar-refractivity contribution in [1.29, 1.82) is 0 Å². The first-order valence-electron chi connectivity index (χ1n) is 6.29. The minimum atomic E-state index is -0.713. The summed E-state index contributed by atoms with van der Waals surface area (Å²) in [4.78, 5) is 10.5. The molecule has 1 rings (SSSR count). The minimum absolute atomic E-state index is 0.246. The molecule has 94 valence electrons. The van der Waals surface area contributed by atoms with Gasteiger partial charge in [-0.15, -0.1) is 0 Å². The maximum atomic E-state index is 10.5. The van der Waals surface area contributed by atoms with Gasteiger partial charge in [-0.2, -0.15) is 0 Å². The molecule has 1 N–H and O–H groups in total. The van der Waals surface area contributed by atoms with Crippen molar-refractivity contribution in [3.63, 3.8) is 0 Å². The first-order valence-corrected chi connectivity index (χ1v) is 6.29. The third-order valence-electron chi connectivity index (χ3n) is 2.96. The zero-order valence-electron chi connectivity index (χ0n) is 10.9. The normalized spacial score (nSPS) is 12.7. The summed E-state index contributed by atoms with van der Waals surface area (Å²) in [6, 6.07) is 8.53. The SMILES string of the molecule is CC(C)Cc1cccc(C(C)CCC(=O)O)c1. The topological polar surface area (TPSA) is 37.3 Å². The molecule has 0 heterocycles. The van der Waals surface area contributed by atoms with Gasteiger partial charge < -0.3 is 5.11 Å². The molecular formula is C15H22O2. The van der Waals surface area contributed by atoms with Crippen molar-refractivity contribution in [2.75, 3.05) is 0 Å². The van der Waals surface area contributed by atoms with Gasteiger partial charge in [0, 0.05) is 6.42 Å². The number of benzene rings is 1. The maximum absolute atomic E-state index is 10.5. The van der Waals surface area contributed by atoms with E-state index in [1.54, 1.807) is 0 Å². The van der Waals surface area contributed by atoms with Gasteiger partial charge in [0.05, 0.1) is 0 Å². The van der Waals surface area contributed by atoms with Gasteiger partial charge in [-0.05, 0) is 35.8 Å². The molecule has 0 bridgehead atoms. The lowest BCUT2D eigenvalue weighted by molar-refractivity contribution is -0.137. The maximum Gasteiger partial charge on any atom is 0.303 e. The van der Waals surface area contributed by atoms with Crippen molar-refractivity contribution in [3.05, 3.63) is 35.4 Å². The molecule has 0 saturated heterocycles. The van der Waals surface area contributed by atoms with Gasteiger partial charge in [-0.3, -0.25) is 4.79 Å². The predicted molar refractivity (Wildman–Crippen MR) is 70.3 cm³/mol. The van der Waals surface area contributed by atoms with Crippen LogP contribution in [0.2, 0.25) is 0 Å². The number of hydrogen-bond acceptors (Lipinski definition) is 1. The van der Waals surface area contributed by atoms with Crippen LogP contribution in [0.4, 0.5) is 0 Å². The lowest BCUT2D eigenvalue weighted by Gasteiger charge is -2.13. The van der Waals surface area contributed by atoms with Crippen LogP contribution in [-0.2, 0) is 11.2 Å². The summed E-state index contributed by atoms with van der Waals surface area (Å²) in [7, 11) is 0. The molecule has 1 aromatic carbocycles. The zero-order valence-corrected chi connectivity index (χ0v) is 10.9. The van der Waals surface area contributed by atoms with Crippen LogP contribution in [0.1, 0.15) is 50.7 Å². The van der Waals surface area contributed by atoms with Gasteiger partial charge in [-0.1, -0.05) is 45.0 Å². The molecular weight excluding hydrogens is 212 g/mol. The number of hydrogen-bond donors (Lipinski definition) is 1. The Labute approximate surface area is 104 Å². The van der Waals surface area contributed by atoms with E-state index in [-0.39, 0.29) is 6.42 Å². The van der Waals surface area contributed by atoms with Crippen molar-refractivity contribution in [2.24, 2.45) is 5.92 Å². The fourth-order valence-electron chi connectivity index (χ4n) is 2.00. The smallest absolute Gasteiger partial charge is 0.303 e. The van der Waals surface area contributed by atoms with Gasteiger partial charge in [0.1, 0.15) is 0 Å². The molecule has 2 nitrogen and oxygen atoms in total. The van der Waals surface area contributed by atoms with Crippen LogP contribution in [-0.4, -0.2) is 11.1 Å². The van der Waals surface area contributed by atoms with Gasteiger partial charge in [0.2, 0.25) is 0 Å². The lowest BCUT2D eigenvalue weighted by Crippen LogP contribution is -2.01. The highest BCUT2D eigenvalue weighted by Crippen LogP contribution is 2.22. The summed E-state index contributed by atoms with van der Waals surface area (Å²) in [5, 5.41) is 8.68. The molecule has 0 aliphatic carbocycles. The van der Waals surface area contributed by atoms with Crippen LogP contribution in [0.3, 0.4) is 0 Å². The van der Waals surface area contributed by atoms with Crippen LogP contribution in [0.15, 0.2) is 24.3 Å². The highest BCUT2D eigenvalue weighted by atomic mass is 16.4. The average molecular weight is 234 g/mol. The third-order valence-corrected chi connectivity index (χ3v) is 2.96. The quantitative estimate of drug-likeness (QED) is 0.811. The van der Waals surface area contributed by atoms with Crippen LogP contribution in [0, 0.1) is 5.92 Å². The molecule has 0 amide bonds. The van der Waals surface area contributed by atoms with E-state index in [1.165, 1.54) is 11.1 Å². The van der Waals surface area contributed by atoms with E-state index in [0.717, 1.165) is 6.42 Å².